The fraction of sp³-hybridized carbons (Fsp3) is 0.100. The summed E-state index contributed by atoms with van der Waals surface area (Å²) >= 11 is 2.58. The Morgan fingerprint density at radius 2 is 2.31 bits per heavy atom. The van der Waals surface area contributed by atoms with Gasteiger partial charge in [-0.15, -0.1) is 0 Å². The van der Waals surface area contributed by atoms with Gasteiger partial charge in [0.2, 0.25) is 0 Å². The standard InChI is InChI=1S/C10H8N2O2S2/c1-6-2-3-7(9(13)14)8(4-6)15-10-11-5-12-16-10/h2-5H,1H3,(H,13,14). The molecular formula is C10H8N2O2S2. The number of hydrogen-bond donors (Lipinski definition) is 1. The molecule has 4 nitrogen and oxygen atoms in total. The minimum Gasteiger partial charge on any atom is -0.478 e. The van der Waals surface area contributed by atoms with Crippen LogP contribution in [0, 0.1) is 6.92 Å². The summed E-state index contributed by atoms with van der Waals surface area (Å²) in [7, 11) is 0. The highest BCUT2D eigenvalue weighted by Gasteiger charge is 2.12. The summed E-state index contributed by atoms with van der Waals surface area (Å²) < 4.78 is 4.62. The number of aromatic carboxylic acids is 1. The average molecular weight is 252 g/mol. The predicted molar refractivity (Wildman–Crippen MR) is 62.2 cm³/mol. The number of nitrogens with zero attached hydrogens (tertiary/aromatic N) is 2. The molecule has 1 heterocycles. The lowest BCUT2D eigenvalue weighted by molar-refractivity contribution is 0.0693. The lowest BCUT2D eigenvalue weighted by atomic mass is 10.1. The summed E-state index contributed by atoms with van der Waals surface area (Å²) in [6.45, 7) is 1.93. The molecule has 0 unspecified atom stereocenters. The molecule has 0 aliphatic carbocycles. The van der Waals surface area contributed by atoms with E-state index in [0.717, 1.165) is 9.90 Å². The Balaban J connectivity index is 2.38. The Kier molecular flexibility index (Phi) is 3.21. The Hall–Kier alpha value is -1.40. The highest BCUT2D eigenvalue weighted by atomic mass is 32.2. The van der Waals surface area contributed by atoms with Gasteiger partial charge in [-0.25, -0.2) is 9.78 Å². The van der Waals surface area contributed by atoms with Crippen LogP contribution >= 0.6 is 23.3 Å². The van der Waals surface area contributed by atoms with Gasteiger partial charge in [-0.2, -0.15) is 4.37 Å². The van der Waals surface area contributed by atoms with E-state index in [1.54, 1.807) is 12.1 Å². The second-order valence-electron chi connectivity index (χ2n) is 3.11. The van der Waals surface area contributed by atoms with Crippen LogP contribution in [-0.4, -0.2) is 20.4 Å². The summed E-state index contributed by atoms with van der Waals surface area (Å²) in [5.74, 6) is -0.924. The van der Waals surface area contributed by atoms with E-state index in [4.69, 9.17) is 5.11 Å². The molecule has 0 aliphatic heterocycles. The highest BCUT2D eigenvalue weighted by molar-refractivity contribution is 8.01. The van der Waals surface area contributed by atoms with Crippen molar-refractivity contribution in [3.8, 4) is 0 Å². The fourth-order valence-corrected chi connectivity index (χ4v) is 2.82. The number of aromatic nitrogens is 2. The second-order valence-corrected chi connectivity index (χ2v) is 5.18. The van der Waals surface area contributed by atoms with Crippen LogP contribution in [0.25, 0.3) is 0 Å². The number of carboxylic acids is 1. The molecule has 82 valence electrons. The first-order chi connectivity index (χ1) is 7.66. The lowest BCUT2D eigenvalue weighted by Gasteiger charge is -2.04. The second kappa shape index (κ2) is 4.63. The van der Waals surface area contributed by atoms with Crippen molar-refractivity contribution < 1.29 is 9.90 Å². The van der Waals surface area contributed by atoms with Gasteiger partial charge in [0.05, 0.1) is 5.56 Å². The molecule has 0 amide bonds. The first-order valence-corrected chi connectivity index (χ1v) is 6.04. The quantitative estimate of drug-likeness (QED) is 0.910. The van der Waals surface area contributed by atoms with Gasteiger partial charge in [0.25, 0.3) is 0 Å². The molecule has 2 aromatic rings. The lowest BCUT2D eigenvalue weighted by Crippen LogP contribution is -1.98. The summed E-state index contributed by atoms with van der Waals surface area (Å²) in [4.78, 5) is 15.7. The van der Waals surface area contributed by atoms with Crippen LogP contribution in [0.4, 0.5) is 0 Å². The van der Waals surface area contributed by atoms with Gasteiger partial charge in [-0.05, 0) is 36.2 Å². The number of hydrogen-bond acceptors (Lipinski definition) is 5. The molecule has 0 spiro atoms. The maximum Gasteiger partial charge on any atom is 0.336 e. The molecule has 2 rings (SSSR count). The average Bonchev–Trinajstić information content (AvgIpc) is 2.70. The molecule has 1 aromatic carbocycles. The third kappa shape index (κ3) is 2.40. The molecule has 0 bridgehead atoms. The number of carbonyl (C=O) groups is 1. The molecule has 1 aromatic heterocycles. The first kappa shape index (κ1) is 11.1. The SMILES string of the molecule is Cc1ccc(C(=O)O)c(Sc2ncns2)c1. The highest BCUT2D eigenvalue weighted by Crippen LogP contribution is 2.31. The van der Waals surface area contributed by atoms with Crippen molar-refractivity contribution in [2.24, 2.45) is 0 Å². The Bertz CT molecular complexity index is 512. The van der Waals surface area contributed by atoms with Gasteiger partial charge >= 0.3 is 5.97 Å². The summed E-state index contributed by atoms with van der Waals surface area (Å²) in [5.41, 5.74) is 1.32. The summed E-state index contributed by atoms with van der Waals surface area (Å²) in [6.07, 6.45) is 1.46. The van der Waals surface area contributed by atoms with Crippen molar-refractivity contribution in [1.29, 1.82) is 0 Å². The number of carboxylic acid groups (broad SMARTS) is 1. The molecule has 1 N–H and O–H groups in total. The van der Waals surface area contributed by atoms with Crippen LogP contribution in [0.3, 0.4) is 0 Å². The van der Waals surface area contributed by atoms with E-state index in [9.17, 15) is 4.79 Å². The maximum atomic E-state index is 11.0. The van der Waals surface area contributed by atoms with E-state index in [0.29, 0.717) is 10.5 Å². The fourth-order valence-electron chi connectivity index (χ4n) is 1.19. The maximum absolute atomic E-state index is 11.0. The van der Waals surface area contributed by atoms with Crippen LogP contribution in [0.5, 0.6) is 0 Å². The summed E-state index contributed by atoms with van der Waals surface area (Å²) in [5, 5.41) is 9.04. The molecule has 16 heavy (non-hydrogen) atoms. The first-order valence-electron chi connectivity index (χ1n) is 4.45. The zero-order valence-corrected chi connectivity index (χ0v) is 10.0. The van der Waals surface area contributed by atoms with Crippen molar-refractivity contribution in [2.45, 2.75) is 16.2 Å². The Morgan fingerprint density at radius 3 is 2.94 bits per heavy atom. The molecule has 0 saturated heterocycles. The van der Waals surface area contributed by atoms with Crippen LogP contribution in [0.15, 0.2) is 33.8 Å². The molecule has 0 aliphatic rings. The van der Waals surface area contributed by atoms with Crippen LogP contribution < -0.4 is 0 Å². The molecule has 0 fully saturated rings. The largest absolute Gasteiger partial charge is 0.478 e. The molecule has 0 atom stereocenters. The monoisotopic (exact) mass is 252 g/mol. The van der Waals surface area contributed by atoms with Crippen molar-refractivity contribution in [3.63, 3.8) is 0 Å². The topological polar surface area (TPSA) is 63.1 Å². The summed E-state index contributed by atoms with van der Waals surface area (Å²) in [6, 6.07) is 5.24. The van der Waals surface area contributed by atoms with Gasteiger partial charge in [-0.3, -0.25) is 0 Å². The van der Waals surface area contributed by atoms with Crippen molar-refractivity contribution in [2.75, 3.05) is 0 Å². The van der Waals surface area contributed by atoms with E-state index in [1.807, 2.05) is 13.0 Å². The normalized spacial score (nSPS) is 10.3. The van der Waals surface area contributed by atoms with Crippen LogP contribution in [-0.2, 0) is 0 Å². The number of aryl methyl sites for hydroxylation is 1. The Morgan fingerprint density at radius 1 is 1.50 bits per heavy atom. The number of rotatable bonds is 3. The number of benzene rings is 1. The minimum absolute atomic E-state index is 0.297. The predicted octanol–water partition coefficient (Wildman–Crippen LogP) is 2.70. The molecule has 0 radical (unpaired) electrons. The van der Waals surface area contributed by atoms with E-state index in [-0.39, 0.29) is 0 Å². The Labute approximate surface area is 101 Å². The van der Waals surface area contributed by atoms with E-state index in [1.165, 1.54) is 29.6 Å². The van der Waals surface area contributed by atoms with Gasteiger partial charge in [0, 0.05) is 4.90 Å². The van der Waals surface area contributed by atoms with Gasteiger partial charge in [0.1, 0.15) is 6.33 Å². The van der Waals surface area contributed by atoms with Crippen molar-refractivity contribution in [1.82, 2.24) is 9.36 Å². The van der Waals surface area contributed by atoms with Gasteiger partial charge in [-0.1, -0.05) is 17.8 Å². The molecule has 0 saturated carbocycles. The van der Waals surface area contributed by atoms with E-state index in [2.05, 4.69) is 9.36 Å². The smallest absolute Gasteiger partial charge is 0.336 e. The third-order valence-electron chi connectivity index (χ3n) is 1.91. The zero-order chi connectivity index (χ0) is 11.5. The van der Waals surface area contributed by atoms with Crippen molar-refractivity contribution >= 4 is 29.3 Å². The van der Waals surface area contributed by atoms with E-state index >= 15 is 0 Å². The van der Waals surface area contributed by atoms with E-state index < -0.39 is 5.97 Å². The van der Waals surface area contributed by atoms with Gasteiger partial charge in [0.15, 0.2) is 4.34 Å². The van der Waals surface area contributed by atoms with Gasteiger partial charge < -0.3 is 5.11 Å². The molecule has 6 heteroatoms. The van der Waals surface area contributed by atoms with Crippen LogP contribution in [0.2, 0.25) is 0 Å². The van der Waals surface area contributed by atoms with Crippen molar-refractivity contribution in [3.05, 3.63) is 35.7 Å². The zero-order valence-electron chi connectivity index (χ0n) is 8.38. The van der Waals surface area contributed by atoms with Crippen LogP contribution in [0.1, 0.15) is 15.9 Å². The third-order valence-corrected chi connectivity index (χ3v) is 3.68. The minimum atomic E-state index is -0.924. The molecular weight excluding hydrogens is 244 g/mol.